The van der Waals surface area contributed by atoms with E-state index in [2.05, 4.69) is 16.3 Å². The highest BCUT2D eigenvalue weighted by Crippen LogP contribution is 2.17. The Labute approximate surface area is 73.9 Å². The molecule has 0 heterocycles. The molecular formula is C8H6BrNO. The maximum Gasteiger partial charge on any atom is 0.183 e. The first-order chi connectivity index (χ1) is 5.38. The molecule has 0 radical (unpaired) electrons. The van der Waals surface area contributed by atoms with Crippen LogP contribution in [-0.4, -0.2) is 0 Å². The molecule has 1 rings (SSSR count). The van der Waals surface area contributed by atoms with Gasteiger partial charge in [-0.1, -0.05) is 30.3 Å². The normalized spacial score (nSPS) is 12.0. The fourth-order valence-electron chi connectivity index (χ4n) is 0.774. The van der Waals surface area contributed by atoms with Gasteiger partial charge in [-0.3, -0.25) is 3.83 Å². The zero-order valence-corrected chi connectivity index (χ0v) is 7.28. The van der Waals surface area contributed by atoms with E-state index in [9.17, 15) is 0 Å². The van der Waals surface area contributed by atoms with E-state index in [-0.39, 0.29) is 0 Å². The summed E-state index contributed by atoms with van der Waals surface area (Å²) in [5.41, 5.74) is 0.854. The number of hydrogen-bond donors (Lipinski definition) is 0. The minimum absolute atomic E-state index is 0.517. The average molecular weight is 212 g/mol. The monoisotopic (exact) mass is 211 g/mol. The second-order valence-electron chi connectivity index (χ2n) is 2.01. The highest BCUT2D eigenvalue weighted by atomic mass is 79.9. The average Bonchev–Trinajstić information content (AvgIpc) is 2.09. The maximum atomic E-state index is 8.57. The lowest BCUT2D eigenvalue weighted by Gasteiger charge is -2.02. The summed E-state index contributed by atoms with van der Waals surface area (Å²) in [7, 11) is 0. The molecule has 11 heavy (non-hydrogen) atoms. The van der Waals surface area contributed by atoms with Gasteiger partial charge in [-0.2, -0.15) is 5.26 Å². The van der Waals surface area contributed by atoms with E-state index in [1.165, 1.54) is 0 Å². The van der Waals surface area contributed by atoms with Crippen molar-refractivity contribution in [1.82, 2.24) is 0 Å². The van der Waals surface area contributed by atoms with E-state index < -0.39 is 6.10 Å². The molecule has 0 saturated carbocycles. The molecule has 2 nitrogen and oxygen atoms in total. The third-order valence-electron chi connectivity index (χ3n) is 1.31. The van der Waals surface area contributed by atoms with Crippen molar-refractivity contribution in [3.63, 3.8) is 0 Å². The Kier molecular flexibility index (Phi) is 3.09. The van der Waals surface area contributed by atoms with Gasteiger partial charge in [-0.05, 0) is 5.56 Å². The maximum absolute atomic E-state index is 8.57. The van der Waals surface area contributed by atoms with Gasteiger partial charge >= 0.3 is 0 Å². The van der Waals surface area contributed by atoms with Crippen LogP contribution in [0.1, 0.15) is 11.7 Å². The van der Waals surface area contributed by atoms with Crippen molar-refractivity contribution in [2.24, 2.45) is 0 Å². The Hall–Kier alpha value is -0.850. The first-order valence-corrected chi connectivity index (χ1v) is 3.75. The van der Waals surface area contributed by atoms with Gasteiger partial charge in [-0.25, -0.2) is 0 Å². The molecule has 0 aromatic heterocycles. The van der Waals surface area contributed by atoms with Gasteiger partial charge in [0, 0.05) is 0 Å². The second kappa shape index (κ2) is 4.12. The van der Waals surface area contributed by atoms with Crippen LogP contribution in [0, 0.1) is 11.3 Å². The van der Waals surface area contributed by atoms with Crippen LogP contribution in [0.5, 0.6) is 0 Å². The predicted octanol–water partition coefficient (Wildman–Crippen LogP) is 2.58. The number of rotatable bonds is 2. The van der Waals surface area contributed by atoms with Crippen LogP contribution in [0.3, 0.4) is 0 Å². The Morgan fingerprint density at radius 3 is 2.45 bits per heavy atom. The zero-order chi connectivity index (χ0) is 8.10. The third kappa shape index (κ3) is 2.04. The molecule has 1 atom stereocenters. The van der Waals surface area contributed by atoms with Crippen LogP contribution in [0.2, 0.25) is 0 Å². The van der Waals surface area contributed by atoms with Crippen LogP contribution in [-0.2, 0) is 3.83 Å². The summed E-state index contributed by atoms with van der Waals surface area (Å²) in [5, 5.41) is 8.57. The Bertz CT molecular complexity index is 255. The van der Waals surface area contributed by atoms with Gasteiger partial charge in [0.1, 0.15) is 22.3 Å². The van der Waals surface area contributed by atoms with Crippen molar-refractivity contribution < 1.29 is 3.83 Å². The molecule has 0 aliphatic heterocycles. The van der Waals surface area contributed by atoms with Gasteiger partial charge in [0.2, 0.25) is 0 Å². The van der Waals surface area contributed by atoms with E-state index in [0.717, 1.165) is 5.56 Å². The van der Waals surface area contributed by atoms with Crippen LogP contribution < -0.4 is 0 Å². The van der Waals surface area contributed by atoms with Crippen molar-refractivity contribution in [3.8, 4) is 6.07 Å². The summed E-state index contributed by atoms with van der Waals surface area (Å²) in [4.78, 5) is 0. The highest BCUT2D eigenvalue weighted by Gasteiger charge is 2.07. The second-order valence-corrected chi connectivity index (χ2v) is 2.38. The molecule has 0 spiro atoms. The predicted molar refractivity (Wildman–Crippen MR) is 44.8 cm³/mol. The lowest BCUT2D eigenvalue weighted by atomic mass is 10.1. The first-order valence-electron chi connectivity index (χ1n) is 3.10. The largest absolute Gasteiger partial charge is 0.284 e. The molecule has 1 aromatic carbocycles. The summed E-state index contributed by atoms with van der Waals surface area (Å²) in [6.07, 6.45) is -0.517. The zero-order valence-electron chi connectivity index (χ0n) is 5.70. The van der Waals surface area contributed by atoms with Crippen molar-refractivity contribution in [1.29, 1.82) is 5.26 Å². The van der Waals surface area contributed by atoms with E-state index in [1.54, 1.807) is 0 Å². The number of hydrogen-bond acceptors (Lipinski definition) is 2. The standard InChI is InChI=1S/C8H6BrNO/c9-11-8(6-10)7-4-2-1-3-5-7/h1-5,8H/t8-/m0/s1. The van der Waals surface area contributed by atoms with Gasteiger partial charge < -0.3 is 0 Å². The number of nitriles is 1. The van der Waals surface area contributed by atoms with Crippen molar-refractivity contribution in [2.45, 2.75) is 6.10 Å². The summed E-state index contributed by atoms with van der Waals surface area (Å²) in [5.74, 6) is 0. The molecule has 0 aliphatic carbocycles. The Morgan fingerprint density at radius 2 is 2.00 bits per heavy atom. The van der Waals surface area contributed by atoms with Crippen LogP contribution in [0.15, 0.2) is 30.3 Å². The third-order valence-corrected chi connectivity index (χ3v) is 1.68. The summed E-state index contributed by atoms with van der Waals surface area (Å²) < 4.78 is 4.74. The van der Waals surface area contributed by atoms with Crippen molar-refractivity contribution in [2.75, 3.05) is 0 Å². The molecule has 0 aliphatic rings. The fraction of sp³-hybridized carbons (Fsp3) is 0.125. The summed E-state index contributed by atoms with van der Waals surface area (Å²) in [6.45, 7) is 0. The van der Waals surface area contributed by atoms with Gasteiger partial charge in [0.05, 0.1) is 0 Å². The lowest BCUT2D eigenvalue weighted by Crippen LogP contribution is -1.92. The molecule has 0 bridgehead atoms. The number of halogens is 1. The van der Waals surface area contributed by atoms with Gasteiger partial charge in [0.15, 0.2) is 6.10 Å². The quantitative estimate of drug-likeness (QED) is 0.754. The topological polar surface area (TPSA) is 33.0 Å². The molecular weight excluding hydrogens is 206 g/mol. The molecule has 56 valence electrons. The molecule has 1 aromatic rings. The van der Waals surface area contributed by atoms with Crippen molar-refractivity contribution in [3.05, 3.63) is 35.9 Å². The summed E-state index contributed by atoms with van der Waals surface area (Å²) in [6, 6.07) is 11.3. The molecule has 0 unspecified atom stereocenters. The molecule has 0 amide bonds. The minimum atomic E-state index is -0.517. The van der Waals surface area contributed by atoms with Crippen LogP contribution in [0.25, 0.3) is 0 Å². The van der Waals surface area contributed by atoms with Crippen LogP contribution in [0.4, 0.5) is 0 Å². The molecule has 0 saturated heterocycles. The Balaban J connectivity index is 2.85. The molecule has 0 fully saturated rings. The van der Waals surface area contributed by atoms with E-state index in [0.29, 0.717) is 0 Å². The number of benzene rings is 1. The smallest absolute Gasteiger partial charge is 0.183 e. The van der Waals surface area contributed by atoms with Crippen LogP contribution >= 0.6 is 16.3 Å². The fourth-order valence-corrected chi connectivity index (χ4v) is 1.07. The summed E-state index contributed by atoms with van der Waals surface area (Å²) >= 11 is 2.79. The Morgan fingerprint density at radius 1 is 1.36 bits per heavy atom. The molecule has 3 heteroatoms. The van der Waals surface area contributed by atoms with Gasteiger partial charge in [0.25, 0.3) is 0 Å². The first kappa shape index (κ1) is 8.25. The van der Waals surface area contributed by atoms with Crippen molar-refractivity contribution >= 4 is 16.3 Å². The minimum Gasteiger partial charge on any atom is -0.284 e. The molecule has 0 N–H and O–H groups in total. The number of nitrogens with zero attached hydrogens (tertiary/aromatic N) is 1. The SMILES string of the molecule is N#C[C@H](OBr)c1ccccc1. The van der Waals surface area contributed by atoms with E-state index >= 15 is 0 Å². The van der Waals surface area contributed by atoms with Gasteiger partial charge in [-0.15, -0.1) is 0 Å². The van der Waals surface area contributed by atoms with E-state index in [1.807, 2.05) is 36.4 Å². The highest BCUT2D eigenvalue weighted by molar-refractivity contribution is 9.06. The van der Waals surface area contributed by atoms with E-state index in [4.69, 9.17) is 9.09 Å². The lowest BCUT2D eigenvalue weighted by molar-refractivity contribution is 0.334.